The monoisotopic (exact) mass is 300 g/mol. The van der Waals surface area contributed by atoms with E-state index in [9.17, 15) is 9.18 Å². The van der Waals surface area contributed by atoms with Crippen molar-refractivity contribution < 1.29 is 14.3 Å². The molecule has 0 radical (unpaired) electrons. The van der Waals surface area contributed by atoms with E-state index in [-0.39, 0.29) is 12.4 Å². The molecule has 1 heterocycles. The maximum atomic E-state index is 13.0. The molecule has 1 saturated heterocycles. The van der Waals surface area contributed by atoms with E-state index in [0.29, 0.717) is 11.6 Å². The van der Waals surface area contributed by atoms with Gasteiger partial charge in [0, 0.05) is 31.2 Å². The summed E-state index contributed by atoms with van der Waals surface area (Å²) in [6, 6.07) is 4.44. The van der Waals surface area contributed by atoms with Crippen molar-refractivity contribution in [3.05, 3.63) is 34.6 Å². The normalized spacial score (nSPS) is 17.9. The first-order valence-corrected chi connectivity index (χ1v) is 7.03. The van der Waals surface area contributed by atoms with Crippen LogP contribution in [0.15, 0.2) is 18.2 Å². The molecule has 0 atom stereocenters. The molecule has 1 aliphatic rings. The number of carboxylic acids is 1. The Bertz CT molecular complexity index is 484. The van der Waals surface area contributed by atoms with Gasteiger partial charge in [0.15, 0.2) is 0 Å². The van der Waals surface area contributed by atoms with Crippen molar-refractivity contribution in [1.29, 1.82) is 0 Å². The van der Waals surface area contributed by atoms with Gasteiger partial charge < -0.3 is 5.11 Å². The van der Waals surface area contributed by atoms with E-state index in [1.807, 2.05) is 4.90 Å². The first-order chi connectivity index (χ1) is 9.54. The van der Waals surface area contributed by atoms with Crippen molar-refractivity contribution >= 4 is 17.6 Å². The Hall–Kier alpha value is -1.17. The van der Waals surface area contributed by atoms with Gasteiger partial charge in [0.2, 0.25) is 0 Å². The minimum absolute atomic E-state index is 0.0884. The van der Waals surface area contributed by atoms with Crippen LogP contribution in [-0.2, 0) is 11.3 Å². The number of carbonyl (C=O) groups is 1. The Balaban J connectivity index is 1.92. The molecule has 0 aliphatic carbocycles. The van der Waals surface area contributed by atoms with Crippen molar-refractivity contribution in [2.24, 2.45) is 0 Å². The average molecular weight is 301 g/mol. The summed E-state index contributed by atoms with van der Waals surface area (Å²) >= 11 is 6.03. The van der Waals surface area contributed by atoms with E-state index in [4.69, 9.17) is 16.7 Å². The Morgan fingerprint density at radius 2 is 1.95 bits per heavy atom. The highest BCUT2D eigenvalue weighted by atomic mass is 35.5. The molecule has 4 nitrogen and oxygen atoms in total. The van der Waals surface area contributed by atoms with Gasteiger partial charge in [-0.05, 0) is 30.7 Å². The van der Waals surface area contributed by atoms with Crippen LogP contribution in [0.25, 0.3) is 0 Å². The van der Waals surface area contributed by atoms with Gasteiger partial charge in [0.25, 0.3) is 0 Å². The number of benzene rings is 1. The molecule has 0 bridgehead atoms. The predicted molar refractivity (Wildman–Crippen MR) is 75.4 cm³/mol. The van der Waals surface area contributed by atoms with Crippen LogP contribution < -0.4 is 0 Å². The lowest BCUT2D eigenvalue weighted by atomic mass is 10.2. The number of carboxylic acid groups (broad SMARTS) is 1. The van der Waals surface area contributed by atoms with Crippen molar-refractivity contribution in [3.63, 3.8) is 0 Å². The summed E-state index contributed by atoms with van der Waals surface area (Å²) in [5.41, 5.74) is 0.903. The van der Waals surface area contributed by atoms with Crippen LogP contribution in [0.2, 0.25) is 5.02 Å². The largest absolute Gasteiger partial charge is 0.480 e. The van der Waals surface area contributed by atoms with Crippen molar-refractivity contribution in [3.8, 4) is 0 Å². The van der Waals surface area contributed by atoms with Gasteiger partial charge in [-0.1, -0.05) is 17.7 Å². The molecular formula is C14H18ClFN2O2. The van der Waals surface area contributed by atoms with Crippen LogP contribution in [0.5, 0.6) is 0 Å². The van der Waals surface area contributed by atoms with Crippen LogP contribution in [0.1, 0.15) is 12.0 Å². The second kappa shape index (κ2) is 7.02. The Labute approximate surface area is 122 Å². The van der Waals surface area contributed by atoms with Gasteiger partial charge in [-0.2, -0.15) is 0 Å². The van der Waals surface area contributed by atoms with E-state index in [1.54, 1.807) is 6.07 Å². The van der Waals surface area contributed by atoms with Gasteiger partial charge in [-0.25, -0.2) is 4.39 Å². The lowest BCUT2D eigenvalue weighted by molar-refractivity contribution is -0.138. The molecule has 110 valence electrons. The SMILES string of the molecule is O=C(O)CN1CCCN(Cc2ccc(F)cc2Cl)CC1. The summed E-state index contributed by atoms with van der Waals surface area (Å²) in [7, 11) is 0. The third kappa shape index (κ3) is 4.44. The van der Waals surface area contributed by atoms with E-state index in [1.165, 1.54) is 12.1 Å². The quantitative estimate of drug-likeness (QED) is 0.924. The van der Waals surface area contributed by atoms with Gasteiger partial charge in [0.1, 0.15) is 5.82 Å². The zero-order chi connectivity index (χ0) is 14.5. The standard InChI is InChI=1S/C14H18ClFN2O2/c15-13-8-12(16)3-2-11(13)9-17-4-1-5-18(7-6-17)10-14(19)20/h2-3,8H,1,4-7,9-10H2,(H,19,20). The van der Waals surface area contributed by atoms with E-state index in [0.717, 1.165) is 38.2 Å². The molecule has 0 saturated carbocycles. The topological polar surface area (TPSA) is 43.8 Å². The summed E-state index contributed by atoms with van der Waals surface area (Å²) < 4.78 is 13.0. The first kappa shape index (κ1) is 15.2. The average Bonchev–Trinajstić information content (AvgIpc) is 2.58. The fourth-order valence-electron chi connectivity index (χ4n) is 2.42. The van der Waals surface area contributed by atoms with E-state index >= 15 is 0 Å². The Morgan fingerprint density at radius 1 is 1.25 bits per heavy atom. The number of halogens is 2. The molecule has 0 spiro atoms. The van der Waals surface area contributed by atoms with Crippen LogP contribution >= 0.6 is 11.6 Å². The molecule has 1 fully saturated rings. The summed E-state index contributed by atoms with van der Waals surface area (Å²) in [5.74, 6) is -1.12. The zero-order valence-electron chi connectivity index (χ0n) is 11.2. The number of hydrogen-bond donors (Lipinski definition) is 1. The van der Waals surface area contributed by atoms with Crippen LogP contribution in [-0.4, -0.2) is 53.6 Å². The molecule has 20 heavy (non-hydrogen) atoms. The van der Waals surface area contributed by atoms with Crippen LogP contribution in [0.3, 0.4) is 0 Å². The molecule has 6 heteroatoms. The summed E-state index contributed by atoms with van der Waals surface area (Å²) in [6.07, 6.45) is 0.923. The molecule has 0 aromatic heterocycles. The third-order valence-corrected chi connectivity index (χ3v) is 3.80. The lowest BCUT2D eigenvalue weighted by Gasteiger charge is -2.21. The minimum atomic E-state index is -0.792. The zero-order valence-corrected chi connectivity index (χ0v) is 11.9. The predicted octanol–water partition coefficient (Wildman–Crippen LogP) is 2.07. The maximum absolute atomic E-state index is 13.0. The fraction of sp³-hybridized carbons (Fsp3) is 0.500. The molecule has 1 N–H and O–H groups in total. The molecule has 1 aromatic rings. The minimum Gasteiger partial charge on any atom is -0.480 e. The fourth-order valence-corrected chi connectivity index (χ4v) is 2.65. The number of aliphatic carboxylic acids is 1. The van der Waals surface area contributed by atoms with Gasteiger partial charge in [0.05, 0.1) is 6.54 Å². The highest BCUT2D eigenvalue weighted by Crippen LogP contribution is 2.19. The molecule has 1 aromatic carbocycles. The van der Waals surface area contributed by atoms with E-state index < -0.39 is 5.97 Å². The molecule has 2 rings (SSSR count). The van der Waals surface area contributed by atoms with Crippen LogP contribution in [0.4, 0.5) is 4.39 Å². The molecule has 1 aliphatic heterocycles. The smallest absolute Gasteiger partial charge is 0.317 e. The Morgan fingerprint density at radius 3 is 2.65 bits per heavy atom. The molecule has 0 amide bonds. The second-order valence-corrected chi connectivity index (χ2v) is 5.44. The van der Waals surface area contributed by atoms with Crippen LogP contribution in [0, 0.1) is 5.82 Å². The molecular weight excluding hydrogens is 283 g/mol. The lowest BCUT2D eigenvalue weighted by Crippen LogP contribution is -2.34. The second-order valence-electron chi connectivity index (χ2n) is 5.04. The third-order valence-electron chi connectivity index (χ3n) is 3.45. The van der Waals surface area contributed by atoms with Gasteiger partial charge >= 0.3 is 5.97 Å². The van der Waals surface area contributed by atoms with E-state index in [2.05, 4.69) is 4.90 Å². The Kier molecular flexibility index (Phi) is 5.34. The highest BCUT2D eigenvalue weighted by Gasteiger charge is 2.17. The number of hydrogen-bond acceptors (Lipinski definition) is 3. The maximum Gasteiger partial charge on any atom is 0.317 e. The highest BCUT2D eigenvalue weighted by molar-refractivity contribution is 6.31. The van der Waals surface area contributed by atoms with Gasteiger partial charge in [-0.3, -0.25) is 14.6 Å². The van der Waals surface area contributed by atoms with Crippen molar-refractivity contribution in [2.75, 3.05) is 32.7 Å². The summed E-state index contributed by atoms with van der Waals surface area (Å²) in [5, 5.41) is 9.25. The van der Waals surface area contributed by atoms with Crippen molar-refractivity contribution in [1.82, 2.24) is 9.80 Å². The first-order valence-electron chi connectivity index (χ1n) is 6.65. The number of nitrogens with zero attached hydrogens (tertiary/aromatic N) is 2. The summed E-state index contributed by atoms with van der Waals surface area (Å²) in [4.78, 5) is 14.9. The van der Waals surface area contributed by atoms with Crippen molar-refractivity contribution in [2.45, 2.75) is 13.0 Å². The summed E-state index contributed by atoms with van der Waals surface area (Å²) in [6.45, 7) is 3.96. The van der Waals surface area contributed by atoms with Gasteiger partial charge in [-0.15, -0.1) is 0 Å². The molecule has 0 unspecified atom stereocenters. The number of rotatable bonds is 4.